The lowest BCUT2D eigenvalue weighted by Gasteiger charge is -2.37. The van der Waals surface area contributed by atoms with Crippen LogP contribution < -0.4 is 0 Å². The minimum atomic E-state index is -0.100. The van der Waals surface area contributed by atoms with E-state index in [9.17, 15) is 4.79 Å². The van der Waals surface area contributed by atoms with E-state index in [4.69, 9.17) is 4.52 Å². The van der Waals surface area contributed by atoms with E-state index in [2.05, 4.69) is 35.2 Å². The van der Waals surface area contributed by atoms with Crippen LogP contribution in [-0.2, 0) is 24.3 Å². The molecule has 5 nitrogen and oxygen atoms in total. The zero-order valence-corrected chi connectivity index (χ0v) is 13.0. The highest BCUT2D eigenvalue weighted by atomic mass is 16.5. The second-order valence-corrected chi connectivity index (χ2v) is 5.74. The van der Waals surface area contributed by atoms with Crippen molar-refractivity contribution in [3.63, 3.8) is 0 Å². The fourth-order valence-electron chi connectivity index (χ4n) is 3.05. The van der Waals surface area contributed by atoms with E-state index >= 15 is 0 Å². The normalized spacial score (nSPS) is 18.0. The molecule has 1 aliphatic rings. The maximum absolute atomic E-state index is 12.8. The number of fused-ring (bicyclic) bond motifs is 1. The van der Waals surface area contributed by atoms with E-state index in [1.54, 1.807) is 11.0 Å². The first kappa shape index (κ1) is 14.8. The molecule has 22 heavy (non-hydrogen) atoms. The summed E-state index contributed by atoms with van der Waals surface area (Å²) >= 11 is 0. The molecule has 1 atom stereocenters. The topological polar surface area (TPSA) is 49.6 Å². The zero-order valence-electron chi connectivity index (χ0n) is 13.0. The standard InChI is InChI=1S/C17H21N3O2/c1-3-20-11-14-7-5-4-6-13(14)10-16(20)17(21)19(2)12-15-8-9-22-18-15/h4-9,16H,3,10-12H2,1-2H3. The number of carbonyl (C=O) groups is 1. The van der Waals surface area contributed by atoms with Gasteiger partial charge in [-0.15, -0.1) is 0 Å². The van der Waals surface area contributed by atoms with Crippen molar-refractivity contribution in [1.82, 2.24) is 15.0 Å². The summed E-state index contributed by atoms with van der Waals surface area (Å²) in [5, 5.41) is 3.88. The molecule has 5 heteroatoms. The highest BCUT2D eigenvalue weighted by Gasteiger charge is 2.32. The number of amides is 1. The van der Waals surface area contributed by atoms with Crippen molar-refractivity contribution >= 4 is 5.91 Å². The van der Waals surface area contributed by atoms with Gasteiger partial charge < -0.3 is 9.42 Å². The molecule has 0 saturated heterocycles. The molecule has 0 N–H and O–H groups in total. The Morgan fingerprint density at radius 2 is 2.14 bits per heavy atom. The van der Waals surface area contributed by atoms with Gasteiger partial charge in [0.15, 0.2) is 0 Å². The Balaban J connectivity index is 1.76. The van der Waals surface area contributed by atoms with Gasteiger partial charge in [0, 0.05) is 19.7 Å². The Morgan fingerprint density at radius 1 is 1.36 bits per heavy atom. The molecule has 1 aromatic heterocycles. The van der Waals surface area contributed by atoms with Crippen LogP contribution in [0.5, 0.6) is 0 Å². The van der Waals surface area contributed by atoms with Crippen LogP contribution in [0.3, 0.4) is 0 Å². The van der Waals surface area contributed by atoms with Crippen LogP contribution in [0.25, 0.3) is 0 Å². The van der Waals surface area contributed by atoms with E-state index in [0.717, 1.165) is 25.2 Å². The van der Waals surface area contributed by atoms with Gasteiger partial charge in [-0.25, -0.2) is 0 Å². The maximum Gasteiger partial charge on any atom is 0.240 e. The van der Waals surface area contributed by atoms with Crippen molar-refractivity contribution in [1.29, 1.82) is 0 Å². The lowest BCUT2D eigenvalue weighted by atomic mass is 9.93. The summed E-state index contributed by atoms with van der Waals surface area (Å²) in [7, 11) is 1.82. The average molecular weight is 299 g/mol. The van der Waals surface area contributed by atoms with Gasteiger partial charge >= 0.3 is 0 Å². The second-order valence-electron chi connectivity index (χ2n) is 5.74. The highest BCUT2D eigenvalue weighted by molar-refractivity contribution is 5.82. The van der Waals surface area contributed by atoms with Crippen molar-refractivity contribution in [2.75, 3.05) is 13.6 Å². The first-order valence-electron chi connectivity index (χ1n) is 7.64. The van der Waals surface area contributed by atoms with Crippen molar-refractivity contribution in [2.24, 2.45) is 0 Å². The molecule has 2 aromatic rings. The van der Waals surface area contributed by atoms with E-state index in [-0.39, 0.29) is 11.9 Å². The van der Waals surface area contributed by atoms with Crippen LogP contribution in [0, 0.1) is 0 Å². The minimum Gasteiger partial charge on any atom is -0.364 e. The molecule has 0 saturated carbocycles. The number of hydrogen-bond acceptors (Lipinski definition) is 4. The van der Waals surface area contributed by atoms with Crippen LogP contribution in [0.4, 0.5) is 0 Å². The molecule has 116 valence electrons. The third-order valence-electron chi connectivity index (χ3n) is 4.30. The summed E-state index contributed by atoms with van der Waals surface area (Å²) in [6.45, 7) is 4.28. The smallest absolute Gasteiger partial charge is 0.240 e. The van der Waals surface area contributed by atoms with Gasteiger partial charge in [0.05, 0.1) is 12.6 Å². The molecule has 0 spiro atoms. The summed E-state index contributed by atoms with van der Waals surface area (Å²) in [6.07, 6.45) is 2.30. The summed E-state index contributed by atoms with van der Waals surface area (Å²) < 4.78 is 4.83. The SMILES string of the molecule is CCN1Cc2ccccc2CC1C(=O)N(C)Cc1ccon1. The maximum atomic E-state index is 12.8. The molecular weight excluding hydrogens is 278 g/mol. The fourth-order valence-corrected chi connectivity index (χ4v) is 3.05. The van der Waals surface area contributed by atoms with Gasteiger partial charge in [0.2, 0.25) is 5.91 Å². The lowest BCUT2D eigenvalue weighted by Crippen LogP contribution is -2.50. The van der Waals surface area contributed by atoms with Gasteiger partial charge in [0.25, 0.3) is 0 Å². The molecular formula is C17H21N3O2. The first-order chi connectivity index (χ1) is 10.7. The number of hydrogen-bond donors (Lipinski definition) is 0. The van der Waals surface area contributed by atoms with Crippen LogP contribution in [-0.4, -0.2) is 40.5 Å². The molecule has 1 aromatic carbocycles. The minimum absolute atomic E-state index is 0.100. The number of carbonyl (C=O) groups excluding carboxylic acids is 1. The molecule has 1 aliphatic heterocycles. The van der Waals surface area contributed by atoms with Crippen LogP contribution in [0.1, 0.15) is 23.7 Å². The van der Waals surface area contributed by atoms with Crippen molar-refractivity contribution in [3.05, 3.63) is 53.4 Å². The molecule has 2 heterocycles. The third-order valence-corrected chi connectivity index (χ3v) is 4.30. The summed E-state index contributed by atoms with van der Waals surface area (Å²) in [4.78, 5) is 16.8. The van der Waals surface area contributed by atoms with Gasteiger partial charge in [0.1, 0.15) is 12.0 Å². The largest absolute Gasteiger partial charge is 0.364 e. The predicted octanol–water partition coefficient (Wildman–Crippen LogP) is 2.08. The Morgan fingerprint density at radius 3 is 2.82 bits per heavy atom. The Kier molecular flexibility index (Phi) is 4.24. The molecule has 1 amide bonds. The summed E-state index contributed by atoms with van der Waals surface area (Å²) in [6, 6.07) is 10.1. The molecule has 0 aliphatic carbocycles. The van der Waals surface area contributed by atoms with E-state index < -0.39 is 0 Å². The molecule has 1 unspecified atom stereocenters. The van der Waals surface area contributed by atoms with Gasteiger partial charge in [-0.05, 0) is 24.1 Å². The number of rotatable bonds is 4. The van der Waals surface area contributed by atoms with Gasteiger partial charge in [-0.2, -0.15) is 0 Å². The van der Waals surface area contributed by atoms with E-state index in [1.807, 2.05) is 13.1 Å². The Hall–Kier alpha value is -2.14. The van der Waals surface area contributed by atoms with Crippen LogP contribution >= 0.6 is 0 Å². The molecule has 0 fully saturated rings. The van der Waals surface area contributed by atoms with Crippen molar-refractivity contribution in [2.45, 2.75) is 32.5 Å². The number of likely N-dealkylation sites (N-methyl/N-ethyl adjacent to an activating group) is 2. The van der Waals surface area contributed by atoms with E-state index in [1.165, 1.54) is 17.4 Å². The molecule has 3 rings (SSSR count). The third kappa shape index (κ3) is 2.90. The summed E-state index contributed by atoms with van der Waals surface area (Å²) in [5.74, 6) is 0.138. The number of nitrogens with zero attached hydrogens (tertiary/aromatic N) is 3. The Bertz CT molecular complexity index is 639. The number of benzene rings is 1. The van der Waals surface area contributed by atoms with E-state index in [0.29, 0.717) is 6.54 Å². The lowest BCUT2D eigenvalue weighted by molar-refractivity contribution is -0.136. The number of aromatic nitrogens is 1. The van der Waals surface area contributed by atoms with Crippen molar-refractivity contribution in [3.8, 4) is 0 Å². The monoisotopic (exact) mass is 299 g/mol. The zero-order chi connectivity index (χ0) is 15.5. The Labute approximate surface area is 130 Å². The summed E-state index contributed by atoms with van der Waals surface area (Å²) in [5.41, 5.74) is 3.38. The predicted molar refractivity (Wildman–Crippen MR) is 83.0 cm³/mol. The fraction of sp³-hybridized carbons (Fsp3) is 0.412. The van der Waals surface area contributed by atoms with Gasteiger partial charge in [-0.3, -0.25) is 9.69 Å². The molecule has 0 radical (unpaired) electrons. The quantitative estimate of drug-likeness (QED) is 0.867. The van der Waals surface area contributed by atoms with Crippen LogP contribution in [0.2, 0.25) is 0 Å². The van der Waals surface area contributed by atoms with Gasteiger partial charge in [-0.1, -0.05) is 36.3 Å². The second kappa shape index (κ2) is 6.32. The molecule has 0 bridgehead atoms. The van der Waals surface area contributed by atoms with Crippen LogP contribution in [0.15, 0.2) is 41.1 Å². The first-order valence-corrected chi connectivity index (χ1v) is 7.64. The average Bonchev–Trinajstić information content (AvgIpc) is 3.05. The van der Waals surface area contributed by atoms with Crippen molar-refractivity contribution < 1.29 is 9.32 Å². The highest BCUT2D eigenvalue weighted by Crippen LogP contribution is 2.24.